The fourth-order valence-corrected chi connectivity index (χ4v) is 5.44. The van der Waals surface area contributed by atoms with Crippen molar-refractivity contribution in [1.29, 1.82) is 0 Å². The number of amides is 2. The van der Waals surface area contributed by atoms with Crippen molar-refractivity contribution in [2.75, 3.05) is 19.6 Å². The first kappa shape index (κ1) is 21.0. The number of rotatable bonds is 5. The SMILES string of the molecule is Cc1ccc(C)c(S(=O)(=O)[C@H](CNC(=O)C(=O)N2CCCC2)c2cccnc2)c1. The lowest BCUT2D eigenvalue weighted by molar-refractivity contribution is -0.145. The van der Waals surface area contributed by atoms with Gasteiger partial charge in [0.2, 0.25) is 0 Å². The molecular formula is C21H25N3O4S. The van der Waals surface area contributed by atoms with Crippen LogP contribution in [-0.4, -0.2) is 49.8 Å². The number of sulfone groups is 1. The standard InChI is InChI=1S/C21H25N3O4S/c1-15-7-8-16(2)18(12-15)29(27,28)19(17-6-5-9-22-13-17)14-23-20(25)21(26)24-10-3-4-11-24/h5-9,12-13,19H,3-4,10-11,14H2,1-2H3,(H,23,25)/t19-/m1/s1. The van der Waals surface area contributed by atoms with E-state index in [-0.39, 0.29) is 11.4 Å². The molecule has 7 nitrogen and oxygen atoms in total. The zero-order valence-corrected chi connectivity index (χ0v) is 17.4. The maximum atomic E-state index is 13.5. The number of nitrogens with one attached hydrogen (secondary N) is 1. The van der Waals surface area contributed by atoms with E-state index in [2.05, 4.69) is 10.3 Å². The molecule has 1 saturated heterocycles. The zero-order chi connectivity index (χ0) is 21.0. The Morgan fingerprint density at radius 3 is 2.55 bits per heavy atom. The minimum atomic E-state index is -3.83. The van der Waals surface area contributed by atoms with Crippen LogP contribution in [0.2, 0.25) is 0 Å². The Kier molecular flexibility index (Phi) is 6.32. The Labute approximate surface area is 171 Å². The van der Waals surface area contributed by atoms with Crippen molar-refractivity contribution in [3.05, 3.63) is 59.4 Å². The van der Waals surface area contributed by atoms with E-state index < -0.39 is 26.9 Å². The van der Waals surface area contributed by atoms with E-state index in [0.29, 0.717) is 24.2 Å². The Balaban J connectivity index is 1.88. The molecule has 0 unspecified atom stereocenters. The van der Waals surface area contributed by atoms with Gasteiger partial charge in [-0.1, -0.05) is 18.2 Å². The highest BCUT2D eigenvalue weighted by molar-refractivity contribution is 7.91. The van der Waals surface area contributed by atoms with E-state index in [9.17, 15) is 18.0 Å². The molecule has 1 fully saturated rings. The average Bonchev–Trinajstić information content (AvgIpc) is 3.24. The third-order valence-electron chi connectivity index (χ3n) is 5.12. The highest BCUT2D eigenvalue weighted by atomic mass is 32.2. The van der Waals surface area contributed by atoms with Crippen LogP contribution in [0.1, 0.15) is 34.8 Å². The van der Waals surface area contributed by atoms with E-state index in [1.807, 2.05) is 13.0 Å². The summed E-state index contributed by atoms with van der Waals surface area (Å²) in [5, 5.41) is 1.48. The Morgan fingerprint density at radius 2 is 1.90 bits per heavy atom. The molecule has 1 atom stereocenters. The second-order valence-electron chi connectivity index (χ2n) is 7.30. The lowest BCUT2D eigenvalue weighted by Crippen LogP contribution is -2.43. The van der Waals surface area contributed by atoms with Gasteiger partial charge in [-0.3, -0.25) is 14.6 Å². The van der Waals surface area contributed by atoms with Gasteiger partial charge in [0.25, 0.3) is 0 Å². The molecule has 1 aromatic carbocycles. The number of hydrogen-bond donors (Lipinski definition) is 1. The normalized spacial score (nSPS) is 15.2. The first-order valence-corrected chi connectivity index (χ1v) is 11.1. The summed E-state index contributed by atoms with van der Waals surface area (Å²) in [6, 6.07) is 8.56. The molecule has 1 aromatic heterocycles. The van der Waals surface area contributed by atoms with Crippen LogP contribution in [0.3, 0.4) is 0 Å². The van der Waals surface area contributed by atoms with Crippen molar-refractivity contribution in [1.82, 2.24) is 15.2 Å². The molecule has 0 bridgehead atoms. The highest BCUT2D eigenvalue weighted by Crippen LogP contribution is 2.30. The average molecular weight is 416 g/mol. The van der Waals surface area contributed by atoms with Gasteiger partial charge in [-0.05, 0) is 55.5 Å². The Morgan fingerprint density at radius 1 is 1.17 bits per heavy atom. The number of nitrogens with zero attached hydrogens (tertiary/aromatic N) is 2. The fraction of sp³-hybridized carbons (Fsp3) is 0.381. The maximum absolute atomic E-state index is 13.5. The molecule has 29 heavy (non-hydrogen) atoms. The summed E-state index contributed by atoms with van der Waals surface area (Å²) in [7, 11) is -3.83. The molecule has 1 N–H and O–H groups in total. The molecule has 154 valence electrons. The molecule has 2 amide bonds. The molecule has 8 heteroatoms. The van der Waals surface area contributed by atoms with Crippen molar-refractivity contribution in [3.63, 3.8) is 0 Å². The summed E-state index contributed by atoms with van der Waals surface area (Å²) in [5.74, 6) is -1.39. The number of carbonyl (C=O) groups is 2. The van der Waals surface area contributed by atoms with Crippen LogP contribution in [0.25, 0.3) is 0 Å². The molecule has 0 saturated carbocycles. The number of likely N-dealkylation sites (tertiary alicyclic amines) is 1. The minimum absolute atomic E-state index is 0.209. The summed E-state index contributed by atoms with van der Waals surface area (Å²) >= 11 is 0. The highest BCUT2D eigenvalue weighted by Gasteiger charge is 2.32. The lowest BCUT2D eigenvalue weighted by Gasteiger charge is -2.21. The molecule has 1 aliphatic rings. The summed E-state index contributed by atoms with van der Waals surface area (Å²) < 4.78 is 26.9. The van der Waals surface area contributed by atoms with Gasteiger partial charge in [0.05, 0.1) is 4.90 Å². The molecule has 1 aliphatic heterocycles. The molecule has 3 rings (SSSR count). The van der Waals surface area contributed by atoms with Crippen molar-refractivity contribution >= 4 is 21.7 Å². The van der Waals surface area contributed by atoms with Gasteiger partial charge in [-0.2, -0.15) is 0 Å². The summed E-state index contributed by atoms with van der Waals surface area (Å²) in [4.78, 5) is 30.3. The quantitative estimate of drug-likeness (QED) is 0.753. The molecule has 0 radical (unpaired) electrons. The molecule has 2 aromatic rings. The maximum Gasteiger partial charge on any atom is 0.311 e. The topological polar surface area (TPSA) is 96.4 Å². The van der Waals surface area contributed by atoms with E-state index in [1.165, 1.54) is 11.1 Å². The van der Waals surface area contributed by atoms with Gasteiger partial charge in [0.1, 0.15) is 5.25 Å². The predicted molar refractivity (Wildman–Crippen MR) is 109 cm³/mol. The second-order valence-corrected chi connectivity index (χ2v) is 9.40. The summed E-state index contributed by atoms with van der Waals surface area (Å²) in [5.41, 5.74) is 1.92. The van der Waals surface area contributed by atoms with Crippen molar-refractivity contribution in [3.8, 4) is 0 Å². The number of aromatic nitrogens is 1. The van der Waals surface area contributed by atoms with Crippen LogP contribution in [0.15, 0.2) is 47.6 Å². The van der Waals surface area contributed by atoms with Gasteiger partial charge < -0.3 is 10.2 Å². The van der Waals surface area contributed by atoms with Crippen molar-refractivity contribution < 1.29 is 18.0 Å². The van der Waals surface area contributed by atoms with Crippen LogP contribution in [-0.2, 0) is 19.4 Å². The number of aryl methyl sites for hydroxylation is 2. The second kappa shape index (κ2) is 8.73. The number of benzene rings is 1. The van der Waals surface area contributed by atoms with Crippen LogP contribution >= 0.6 is 0 Å². The van der Waals surface area contributed by atoms with Gasteiger partial charge >= 0.3 is 11.8 Å². The molecule has 2 heterocycles. The monoisotopic (exact) mass is 415 g/mol. The minimum Gasteiger partial charge on any atom is -0.346 e. The van der Waals surface area contributed by atoms with E-state index in [0.717, 1.165) is 18.4 Å². The van der Waals surface area contributed by atoms with Gasteiger partial charge in [0, 0.05) is 32.0 Å². The van der Waals surface area contributed by atoms with Gasteiger partial charge in [0.15, 0.2) is 9.84 Å². The van der Waals surface area contributed by atoms with E-state index >= 15 is 0 Å². The van der Waals surface area contributed by atoms with Crippen LogP contribution < -0.4 is 5.32 Å². The van der Waals surface area contributed by atoms with Crippen molar-refractivity contribution in [2.24, 2.45) is 0 Å². The fourth-order valence-electron chi connectivity index (χ4n) is 3.47. The Bertz CT molecular complexity index is 1000. The number of carbonyl (C=O) groups excluding carboxylic acids is 2. The first-order chi connectivity index (χ1) is 13.8. The summed E-state index contributed by atoms with van der Waals surface area (Å²) in [6.45, 7) is 4.47. The van der Waals surface area contributed by atoms with Gasteiger partial charge in [-0.25, -0.2) is 8.42 Å². The van der Waals surface area contributed by atoms with Crippen LogP contribution in [0.5, 0.6) is 0 Å². The molecular weight excluding hydrogens is 390 g/mol. The number of pyridine rings is 1. The first-order valence-electron chi connectivity index (χ1n) is 9.59. The lowest BCUT2D eigenvalue weighted by atomic mass is 10.2. The predicted octanol–water partition coefficient (Wildman–Crippen LogP) is 1.95. The largest absolute Gasteiger partial charge is 0.346 e. The summed E-state index contributed by atoms with van der Waals surface area (Å²) in [6.07, 6.45) is 4.78. The Hall–Kier alpha value is -2.74. The molecule has 0 spiro atoms. The van der Waals surface area contributed by atoms with Crippen LogP contribution in [0.4, 0.5) is 0 Å². The van der Waals surface area contributed by atoms with E-state index in [1.54, 1.807) is 37.4 Å². The third kappa shape index (κ3) is 4.64. The van der Waals surface area contributed by atoms with Crippen molar-refractivity contribution in [2.45, 2.75) is 36.8 Å². The zero-order valence-electron chi connectivity index (χ0n) is 16.6. The third-order valence-corrected chi connectivity index (χ3v) is 7.36. The van der Waals surface area contributed by atoms with Crippen LogP contribution in [0, 0.1) is 13.8 Å². The van der Waals surface area contributed by atoms with Gasteiger partial charge in [-0.15, -0.1) is 0 Å². The van der Waals surface area contributed by atoms with E-state index in [4.69, 9.17) is 0 Å². The number of hydrogen-bond acceptors (Lipinski definition) is 5. The smallest absolute Gasteiger partial charge is 0.311 e. The molecule has 0 aliphatic carbocycles.